The van der Waals surface area contributed by atoms with Crippen LogP contribution in [0.25, 0.3) is 0 Å². The second kappa shape index (κ2) is 7.33. The molecule has 2 aromatic carbocycles. The van der Waals surface area contributed by atoms with E-state index in [1.165, 1.54) is 6.07 Å². The molecule has 1 atom stereocenters. The highest BCUT2D eigenvalue weighted by Gasteiger charge is 2.13. The fourth-order valence-electron chi connectivity index (χ4n) is 2.00. The average molecular weight is 326 g/mol. The van der Waals surface area contributed by atoms with Crippen LogP contribution in [0.4, 0.5) is 14.5 Å². The highest BCUT2D eigenvalue weighted by molar-refractivity contribution is 6.30. The topological polar surface area (TPSA) is 45.7 Å². The molecule has 0 fully saturated rings. The first kappa shape index (κ1) is 16.4. The van der Waals surface area contributed by atoms with Crippen molar-refractivity contribution in [1.82, 2.24) is 0 Å². The second-order valence-corrected chi connectivity index (χ2v) is 5.39. The van der Waals surface area contributed by atoms with Gasteiger partial charge in [0.1, 0.15) is 17.7 Å². The molecule has 3 N–H and O–H groups in total. The lowest BCUT2D eigenvalue weighted by atomic mass is 10.1. The van der Waals surface area contributed by atoms with E-state index in [0.717, 1.165) is 17.7 Å². The Labute approximate surface area is 132 Å². The largest absolute Gasteiger partial charge is 0.333 e. The number of benzene rings is 2. The molecule has 6 heteroatoms. The summed E-state index contributed by atoms with van der Waals surface area (Å²) in [5, 5.41) is 4.86. The van der Waals surface area contributed by atoms with Gasteiger partial charge in [-0.05, 0) is 31.2 Å². The highest BCUT2D eigenvalue weighted by Crippen LogP contribution is 2.15. The van der Waals surface area contributed by atoms with E-state index in [1.54, 1.807) is 6.07 Å². The van der Waals surface area contributed by atoms with Gasteiger partial charge in [0.15, 0.2) is 6.54 Å². The Kier molecular flexibility index (Phi) is 5.46. The maximum absolute atomic E-state index is 13.4. The monoisotopic (exact) mass is 325 g/mol. The molecule has 0 aliphatic heterocycles. The minimum absolute atomic E-state index is 0.0301. The molecule has 0 aliphatic rings. The second-order valence-electron chi connectivity index (χ2n) is 4.96. The summed E-state index contributed by atoms with van der Waals surface area (Å²) in [7, 11) is 0. The van der Waals surface area contributed by atoms with Crippen LogP contribution in [-0.4, -0.2) is 12.5 Å². The van der Waals surface area contributed by atoms with E-state index >= 15 is 0 Å². The smallest absolute Gasteiger partial charge is 0.279 e. The molecule has 0 aromatic heterocycles. The van der Waals surface area contributed by atoms with Gasteiger partial charge in [-0.1, -0.05) is 23.7 Å². The Bertz CT molecular complexity index is 679. The predicted octanol–water partition coefficient (Wildman–Crippen LogP) is 2.88. The van der Waals surface area contributed by atoms with E-state index in [9.17, 15) is 13.6 Å². The fourth-order valence-corrected chi connectivity index (χ4v) is 2.20. The summed E-state index contributed by atoms with van der Waals surface area (Å²) in [5.74, 6) is -1.84. The van der Waals surface area contributed by atoms with Crippen LogP contribution < -0.4 is 10.6 Å². The first-order valence-electron chi connectivity index (χ1n) is 6.79. The van der Waals surface area contributed by atoms with Crippen LogP contribution in [0.3, 0.4) is 0 Å². The number of hydrogen-bond donors (Lipinski definition) is 2. The van der Waals surface area contributed by atoms with Gasteiger partial charge in [0, 0.05) is 16.7 Å². The zero-order valence-electron chi connectivity index (χ0n) is 11.9. The predicted molar refractivity (Wildman–Crippen MR) is 81.6 cm³/mol. The van der Waals surface area contributed by atoms with E-state index in [2.05, 4.69) is 5.32 Å². The molecule has 2 rings (SSSR count). The Hall–Kier alpha value is -1.98. The zero-order valence-corrected chi connectivity index (χ0v) is 12.7. The number of anilines is 1. The van der Waals surface area contributed by atoms with Crippen molar-refractivity contribution >= 4 is 23.2 Å². The normalized spacial score (nSPS) is 12.0. The molecule has 0 spiro atoms. The first-order chi connectivity index (χ1) is 10.5. The first-order valence-corrected chi connectivity index (χ1v) is 7.17. The van der Waals surface area contributed by atoms with Crippen molar-refractivity contribution < 1.29 is 18.9 Å². The summed E-state index contributed by atoms with van der Waals surface area (Å²) < 4.78 is 26.2. The van der Waals surface area contributed by atoms with Gasteiger partial charge in [-0.2, -0.15) is 0 Å². The maximum Gasteiger partial charge on any atom is 0.279 e. The Morgan fingerprint density at radius 1 is 1.27 bits per heavy atom. The summed E-state index contributed by atoms with van der Waals surface area (Å²) in [6.45, 7) is 2.06. The van der Waals surface area contributed by atoms with E-state index in [4.69, 9.17) is 11.6 Å². The quantitative estimate of drug-likeness (QED) is 0.872. The molecule has 0 bridgehead atoms. The molecule has 2 aromatic rings. The van der Waals surface area contributed by atoms with Crippen molar-refractivity contribution in [2.75, 3.05) is 11.9 Å². The minimum atomic E-state index is -0.795. The van der Waals surface area contributed by atoms with Crippen molar-refractivity contribution in [3.63, 3.8) is 0 Å². The zero-order chi connectivity index (χ0) is 16.1. The van der Waals surface area contributed by atoms with Gasteiger partial charge in [0.25, 0.3) is 5.91 Å². The lowest BCUT2D eigenvalue weighted by molar-refractivity contribution is -0.682. The van der Waals surface area contributed by atoms with Crippen LogP contribution in [-0.2, 0) is 4.79 Å². The molecule has 1 amide bonds. The number of amides is 1. The molecule has 0 saturated carbocycles. The van der Waals surface area contributed by atoms with Gasteiger partial charge in [-0.25, -0.2) is 8.78 Å². The standard InChI is InChI=1S/C16H15ClF2N2O/c1-10(11-3-2-4-12(17)7-11)20-9-16(22)21-15-6-5-13(18)8-14(15)19/h2-8,10,20H,9H2,1H3,(H,21,22)/p+1/t10-/m1/s1. The van der Waals surface area contributed by atoms with Crippen LogP contribution in [0.1, 0.15) is 18.5 Å². The van der Waals surface area contributed by atoms with Crippen LogP contribution in [0.5, 0.6) is 0 Å². The van der Waals surface area contributed by atoms with Gasteiger partial charge in [0.2, 0.25) is 0 Å². The molecule has 22 heavy (non-hydrogen) atoms. The highest BCUT2D eigenvalue weighted by atomic mass is 35.5. The Morgan fingerprint density at radius 2 is 2.05 bits per heavy atom. The SMILES string of the molecule is C[C@@H]([NH2+]CC(=O)Nc1ccc(F)cc1F)c1cccc(Cl)c1. The van der Waals surface area contributed by atoms with Crippen molar-refractivity contribution in [1.29, 1.82) is 0 Å². The maximum atomic E-state index is 13.4. The van der Waals surface area contributed by atoms with E-state index in [0.29, 0.717) is 5.02 Å². The third kappa shape index (κ3) is 4.51. The fraction of sp³-hybridized carbons (Fsp3) is 0.188. The third-order valence-electron chi connectivity index (χ3n) is 3.24. The molecule has 0 unspecified atom stereocenters. The average Bonchev–Trinajstić information content (AvgIpc) is 2.47. The van der Waals surface area contributed by atoms with Crippen LogP contribution in [0.15, 0.2) is 42.5 Å². The van der Waals surface area contributed by atoms with Crippen LogP contribution >= 0.6 is 11.6 Å². The van der Waals surface area contributed by atoms with Gasteiger partial charge >= 0.3 is 0 Å². The lowest BCUT2D eigenvalue weighted by Crippen LogP contribution is -2.86. The number of carbonyl (C=O) groups is 1. The summed E-state index contributed by atoms with van der Waals surface area (Å²) in [4.78, 5) is 11.8. The third-order valence-corrected chi connectivity index (χ3v) is 3.47. The minimum Gasteiger partial charge on any atom is -0.333 e. The van der Waals surface area contributed by atoms with Crippen LogP contribution in [0, 0.1) is 11.6 Å². The molecule has 116 valence electrons. The molecular weight excluding hydrogens is 310 g/mol. The van der Waals surface area contributed by atoms with Crippen molar-refractivity contribution in [3.8, 4) is 0 Å². The number of nitrogens with two attached hydrogens (primary N) is 1. The number of nitrogens with one attached hydrogen (secondary N) is 1. The van der Waals surface area contributed by atoms with Gasteiger partial charge < -0.3 is 10.6 Å². The van der Waals surface area contributed by atoms with Crippen LogP contribution in [0.2, 0.25) is 5.02 Å². The number of rotatable bonds is 5. The molecule has 0 aliphatic carbocycles. The number of carbonyl (C=O) groups excluding carboxylic acids is 1. The van der Waals surface area contributed by atoms with E-state index < -0.39 is 11.6 Å². The Balaban J connectivity index is 1.90. The van der Waals surface area contributed by atoms with Crippen molar-refractivity contribution in [2.45, 2.75) is 13.0 Å². The molecule has 0 saturated heterocycles. The van der Waals surface area contributed by atoms with Crippen molar-refractivity contribution in [2.24, 2.45) is 0 Å². The number of hydrogen-bond acceptors (Lipinski definition) is 1. The summed E-state index contributed by atoms with van der Waals surface area (Å²) in [5.41, 5.74) is 0.962. The van der Waals surface area contributed by atoms with E-state index in [-0.39, 0.29) is 24.2 Å². The summed E-state index contributed by atoms with van der Waals surface area (Å²) in [6.07, 6.45) is 0. The van der Waals surface area contributed by atoms with E-state index in [1.807, 2.05) is 30.4 Å². The number of quaternary nitrogens is 1. The molecule has 0 heterocycles. The van der Waals surface area contributed by atoms with Gasteiger partial charge in [-0.15, -0.1) is 0 Å². The Morgan fingerprint density at radius 3 is 2.73 bits per heavy atom. The van der Waals surface area contributed by atoms with Gasteiger partial charge in [-0.3, -0.25) is 4.79 Å². The van der Waals surface area contributed by atoms with Crippen molar-refractivity contribution in [3.05, 3.63) is 64.7 Å². The molecule has 0 radical (unpaired) electrons. The van der Waals surface area contributed by atoms with Gasteiger partial charge in [0.05, 0.1) is 5.69 Å². The summed E-state index contributed by atoms with van der Waals surface area (Å²) in [6, 6.07) is 10.4. The molecule has 3 nitrogen and oxygen atoms in total. The number of halogens is 3. The summed E-state index contributed by atoms with van der Waals surface area (Å²) >= 11 is 5.92. The lowest BCUT2D eigenvalue weighted by Gasteiger charge is -2.11. The molecular formula is C16H16ClF2N2O+.